The van der Waals surface area contributed by atoms with E-state index in [-0.39, 0.29) is 31.9 Å². The minimum absolute atomic E-state index is 0.00531. The van der Waals surface area contributed by atoms with E-state index >= 15 is 0 Å². The van der Waals surface area contributed by atoms with Gasteiger partial charge < -0.3 is 4.90 Å². The van der Waals surface area contributed by atoms with Crippen LogP contribution in [0.25, 0.3) is 0 Å². The largest absolute Gasteiger partial charge is 0.339 e. The smallest absolute Gasteiger partial charge is 0.246 e. The molecule has 0 radical (unpaired) electrons. The lowest BCUT2D eigenvalue weighted by molar-refractivity contribution is -0.129. The summed E-state index contributed by atoms with van der Waals surface area (Å²) in [5.41, 5.74) is 0. The molecule has 28 heavy (non-hydrogen) atoms. The van der Waals surface area contributed by atoms with E-state index < -0.39 is 48.1 Å². The summed E-state index contributed by atoms with van der Waals surface area (Å²) in [7, 11) is -7.68. The van der Waals surface area contributed by atoms with Gasteiger partial charge in [-0.3, -0.25) is 4.79 Å². The Morgan fingerprint density at radius 1 is 1.04 bits per heavy atom. The number of sulfonamides is 1. The number of piperazine rings is 1. The molecule has 11 heteroatoms. The van der Waals surface area contributed by atoms with Crippen molar-refractivity contribution in [1.82, 2.24) is 9.21 Å². The van der Waals surface area contributed by atoms with Crippen molar-refractivity contribution in [3.63, 3.8) is 0 Å². The lowest BCUT2D eigenvalue weighted by atomic mass is 10.3. The fraction of sp³-hybridized carbons (Fsp3) is 0.588. The topological polar surface area (TPSA) is 91.8 Å². The maximum absolute atomic E-state index is 13.8. The van der Waals surface area contributed by atoms with Gasteiger partial charge in [0.1, 0.15) is 22.3 Å². The van der Waals surface area contributed by atoms with E-state index in [0.29, 0.717) is 12.5 Å². The fourth-order valence-electron chi connectivity index (χ4n) is 2.92. The molecule has 1 aliphatic heterocycles. The Labute approximate surface area is 164 Å². The average Bonchev–Trinajstić information content (AvgIpc) is 2.61. The molecule has 2 rings (SSSR count). The van der Waals surface area contributed by atoms with Crippen molar-refractivity contribution in [2.75, 3.05) is 37.7 Å². The highest BCUT2D eigenvalue weighted by Crippen LogP contribution is 2.21. The normalized spacial score (nSPS) is 16.3. The van der Waals surface area contributed by atoms with Crippen LogP contribution in [0.1, 0.15) is 26.2 Å². The maximum atomic E-state index is 13.8. The van der Waals surface area contributed by atoms with Crippen LogP contribution in [0.15, 0.2) is 23.1 Å². The van der Waals surface area contributed by atoms with E-state index in [9.17, 15) is 30.4 Å². The summed E-state index contributed by atoms with van der Waals surface area (Å²) in [6.07, 6.45) is 2.14. The molecule has 1 heterocycles. The average molecular weight is 439 g/mol. The van der Waals surface area contributed by atoms with Crippen LogP contribution in [0.3, 0.4) is 0 Å². The summed E-state index contributed by atoms with van der Waals surface area (Å²) in [4.78, 5) is 12.9. The number of sulfone groups is 1. The zero-order valence-electron chi connectivity index (χ0n) is 15.6. The standard InChI is InChI=1S/C17H24F2N2O5S2/c1-2-3-4-11-27(23,24)13-17(22)20-7-9-21(10-8-20)28(25,26)16-6-5-14(18)12-15(16)19/h5-6,12H,2-4,7-11,13H2,1H3. The Kier molecular flexibility index (Phi) is 7.52. The highest BCUT2D eigenvalue weighted by molar-refractivity contribution is 7.92. The Morgan fingerprint density at radius 3 is 2.25 bits per heavy atom. The predicted molar refractivity (Wildman–Crippen MR) is 99.9 cm³/mol. The van der Waals surface area contributed by atoms with Crippen molar-refractivity contribution in [2.24, 2.45) is 0 Å². The van der Waals surface area contributed by atoms with Gasteiger partial charge in [0.25, 0.3) is 0 Å². The van der Waals surface area contributed by atoms with E-state index in [1.807, 2.05) is 6.92 Å². The SMILES string of the molecule is CCCCCS(=O)(=O)CC(=O)N1CCN(S(=O)(=O)c2ccc(F)cc2F)CC1. The molecule has 1 aliphatic rings. The number of hydrogen-bond acceptors (Lipinski definition) is 5. The Morgan fingerprint density at radius 2 is 1.68 bits per heavy atom. The fourth-order valence-corrected chi connectivity index (χ4v) is 5.74. The van der Waals surface area contributed by atoms with E-state index in [1.165, 1.54) is 4.90 Å². The van der Waals surface area contributed by atoms with Crippen molar-refractivity contribution < 1.29 is 30.4 Å². The van der Waals surface area contributed by atoms with E-state index in [1.54, 1.807) is 0 Å². The first-order valence-electron chi connectivity index (χ1n) is 9.00. The molecule has 0 atom stereocenters. The molecular weight excluding hydrogens is 414 g/mol. The van der Waals surface area contributed by atoms with Crippen LogP contribution in [0.5, 0.6) is 0 Å². The zero-order valence-corrected chi connectivity index (χ0v) is 17.2. The first-order chi connectivity index (χ1) is 13.1. The number of carbonyl (C=O) groups excluding carboxylic acids is 1. The van der Waals surface area contributed by atoms with E-state index in [4.69, 9.17) is 0 Å². The van der Waals surface area contributed by atoms with Crippen LogP contribution < -0.4 is 0 Å². The van der Waals surface area contributed by atoms with Crippen LogP contribution in [0.4, 0.5) is 8.78 Å². The molecule has 0 saturated carbocycles. The van der Waals surface area contributed by atoms with Crippen molar-refractivity contribution >= 4 is 25.8 Å². The quantitative estimate of drug-likeness (QED) is 0.572. The highest BCUT2D eigenvalue weighted by atomic mass is 32.2. The van der Waals surface area contributed by atoms with Crippen molar-refractivity contribution in [3.05, 3.63) is 29.8 Å². The molecule has 0 spiro atoms. The number of amides is 1. The molecule has 0 bridgehead atoms. The molecule has 0 aromatic heterocycles. The number of rotatable bonds is 8. The summed E-state index contributed by atoms with van der Waals surface area (Å²) < 4.78 is 76.9. The molecule has 1 fully saturated rings. The van der Waals surface area contributed by atoms with Gasteiger partial charge in [-0.25, -0.2) is 25.6 Å². The molecule has 1 aromatic rings. The Balaban J connectivity index is 1.97. The summed E-state index contributed by atoms with van der Waals surface area (Å²) in [6.45, 7) is 1.77. The number of halogens is 2. The minimum Gasteiger partial charge on any atom is -0.339 e. The summed E-state index contributed by atoms with van der Waals surface area (Å²) in [6, 6.07) is 2.22. The van der Waals surface area contributed by atoms with E-state index in [2.05, 4.69) is 0 Å². The third kappa shape index (κ3) is 5.71. The van der Waals surface area contributed by atoms with Crippen LogP contribution in [-0.4, -0.2) is 69.6 Å². The Bertz CT molecular complexity index is 911. The second-order valence-electron chi connectivity index (χ2n) is 6.66. The van der Waals surface area contributed by atoms with Gasteiger partial charge in [-0.15, -0.1) is 0 Å². The number of unbranched alkanes of at least 4 members (excludes halogenated alkanes) is 2. The monoisotopic (exact) mass is 438 g/mol. The van der Waals surface area contributed by atoms with Gasteiger partial charge in [0.15, 0.2) is 9.84 Å². The molecule has 1 saturated heterocycles. The minimum atomic E-state index is -4.17. The molecule has 7 nitrogen and oxygen atoms in total. The maximum Gasteiger partial charge on any atom is 0.246 e. The van der Waals surface area contributed by atoms with Gasteiger partial charge in [-0.05, 0) is 18.6 Å². The third-order valence-electron chi connectivity index (χ3n) is 4.51. The molecule has 0 unspecified atom stereocenters. The lowest BCUT2D eigenvalue weighted by Gasteiger charge is -2.34. The summed E-state index contributed by atoms with van der Waals surface area (Å²) in [5, 5.41) is 0. The predicted octanol–water partition coefficient (Wildman–Crippen LogP) is 1.40. The van der Waals surface area contributed by atoms with Crippen LogP contribution in [-0.2, 0) is 24.7 Å². The number of nitrogens with zero attached hydrogens (tertiary/aromatic N) is 2. The lowest BCUT2D eigenvalue weighted by Crippen LogP contribution is -2.51. The molecular formula is C17H24F2N2O5S2. The van der Waals surface area contributed by atoms with Gasteiger partial charge in [0.05, 0.1) is 5.75 Å². The van der Waals surface area contributed by atoms with Gasteiger partial charge >= 0.3 is 0 Å². The first kappa shape index (κ1) is 22.7. The van der Waals surface area contributed by atoms with Crippen LogP contribution in [0.2, 0.25) is 0 Å². The van der Waals surface area contributed by atoms with Gasteiger partial charge in [0, 0.05) is 32.2 Å². The van der Waals surface area contributed by atoms with Crippen molar-refractivity contribution in [3.8, 4) is 0 Å². The number of carbonyl (C=O) groups is 1. The van der Waals surface area contributed by atoms with Crippen LogP contribution >= 0.6 is 0 Å². The molecule has 158 valence electrons. The summed E-state index contributed by atoms with van der Waals surface area (Å²) in [5.74, 6) is -3.29. The second kappa shape index (κ2) is 9.27. The first-order valence-corrected chi connectivity index (χ1v) is 12.3. The molecule has 1 aromatic carbocycles. The molecule has 0 N–H and O–H groups in total. The van der Waals surface area contributed by atoms with E-state index in [0.717, 1.165) is 29.3 Å². The number of hydrogen-bond donors (Lipinski definition) is 0. The zero-order chi connectivity index (χ0) is 20.9. The highest BCUT2D eigenvalue weighted by Gasteiger charge is 2.33. The van der Waals surface area contributed by atoms with Gasteiger partial charge in [-0.2, -0.15) is 4.31 Å². The van der Waals surface area contributed by atoms with Crippen molar-refractivity contribution in [2.45, 2.75) is 31.1 Å². The van der Waals surface area contributed by atoms with Gasteiger partial charge in [0.2, 0.25) is 15.9 Å². The van der Waals surface area contributed by atoms with Crippen molar-refractivity contribution in [1.29, 1.82) is 0 Å². The number of benzene rings is 1. The Hall–Kier alpha value is -1.59. The second-order valence-corrected chi connectivity index (χ2v) is 10.7. The third-order valence-corrected chi connectivity index (χ3v) is 8.03. The van der Waals surface area contributed by atoms with Gasteiger partial charge in [-0.1, -0.05) is 19.8 Å². The summed E-state index contributed by atoms with van der Waals surface area (Å²) >= 11 is 0. The molecule has 0 aliphatic carbocycles. The molecule has 1 amide bonds. The van der Waals surface area contributed by atoms with Crippen LogP contribution in [0, 0.1) is 11.6 Å².